The number of hydrogen-bond acceptors (Lipinski definition) is 2. The second-order valence-corrected chi connectivity index (χ2v) is 6.07. The molecule has 2 aromatic carbocycles. The van der Waals surface area contributed by atoms with Crippen molar-refractivity contribution in [2.45, 2.75) is 12.8 Å². The van der Waals surface area contributed by atoms with Gasteiger partial charge in [-0.2, -0.15) is 0 Å². The summed E-state index contributed by atoms with van der Waals surface area (Å²) < 4.78 is 13.2. The molecule has 1 heterocycles. The van der Waals surface area contributed by atoms with Gasteiger partial charge in [-0.25, -0.2) is 4.39 Å². The summed E-state index contributed by atoms with van der Waals surface area (Å²) in [6.45, 7) is 1.67. The molecular formula is C18H18FN3OS. The van der Waals surface area contributed by atoms with Gasteiger partial charge in [-0.3, -0.25) is 4.79 Å². The van der Waals surface area contributed by atoms with Crippen LogP contribution in [0.4, 0.5) is 15.8 Å². The first kappa shape index (κ1) is 16.4. The van der Waals surface area contributed by atoms with Crippen LogP contribution in [-0.4, -0.2) is 29.0 Å². The maximum Gasteiger partial charge on any atom is 0.253 e. The Labute approximate surface area is 145 Å². The Bertz CT molecular complexity index is 742. The maximum atomic E-state index is 13.2. The standard InChI is InChI=1S/C18H18FN3OS/c19-14-4-3-5-16(12-14)21-18(24)20-15-8-6-13(7-9-15)17(23)22-10-1-2-11-22/h3-9,12H,1-2,10-11H2,(H2,20,21,24). The third-order valence-electron chi connectivity index (χ3n) is 3.87. The Morgan fingerprint density at radius 3 is 2.33 bits per heavy atom. The van der Waals surface area contributed by atoms with E-state index in [1.54, 1.807) is 24.3 Å². The highest BCUT2D eigenvalue weighted by molar-refractivity contribution is 7.80. The molecule has 24 heavy (non-hydrogen) atoms. The Morgan fingerprint density at radius 1 is 1.00 bits per heavy atom. The van der Waals surface area contributed by atoms with Crippen LogP contribution in [0.2, 0.25) is 0 Å². The first-order chi connectivity index (χ1) is 11.6. The summed E-state index contributed by atoms with van der Waals surface area (Å²) in [5, 5.41) is 6.30. The average Bonchev–Trinajstić information content (AvgIpc) is 3.09. The molecular weight excluding hydrogens is 325 g/mol. The highest BCUT2D eigenvalue weighted by Gasteiger charge is 2.19. The Kier molecular flexibility index (Phi) is 5.05. The normalized spacial score (nSPS) is 13.6. The van der Waals surface area contributed by atoms with Gasteiger partial charge in [0.1, 0.15) is 5.82 Å². The van der Waals surface area contributed by atoms with Crippen molar-refractivity contribution in [3.63, 3.8) is 0 Å². The number of anilines is 2. The summed E-state index contributed by atoms with van der Waals surface area (Å²) in [4.78, 5) is 14.2. The van der Waals surface area contributed by atoms with Gasteiger partial charge in [0.15, 0.2) is 5.11 Å². The minimum absolute atomic E-state index is 0.0690. The highest BCUT2D eigenvalue weighted by Crippen LogP contribution is 2.16. The number of thiocarbonyl (C=S) groups is 1. The Hall–Kier alpha value is -2.47. The summed E-state index contributed by atoms with van der Waals surface area (Å²) in [6, 6.07) is 13.3. The van der Waals surface area contributed by atoms with Gasteiger partial charge in [0.2, 0.25) is 0 Å². The molecule has 1 aliphatic rings. The molecule has 0 unspecified atom stereocenters. The zero-order valence-corrected chi connectivity index (χ0v) is 13.9. The van der Waals surface area contributed by atoms with Crippen LogP contribution in [0.25, 0.3) is 0 Å². The van der Waals surface area contributed by atoms with Crippen LogP contribution in [0.15, 0.2) is 48.5 Å². The lowest BCUT2D eigenvalue weighted by Crippen LogP contribution is -2.27. The SMILES string of the molecule is O=C(c1ccc(NC(=S)Nc2cccc(F)c2)cc1)N1CCCC1. The monoisotopic (exact) mass is 343 g/mol. The fraction of sp³-hybridized carbons (Fsp3) is 0.222. The molecule has 2 N–H and O–H groups in total. The fourth-order valence-electron chi connectivity index (χ4n) is 2.66. The van der Waals surface area contributed by atoms with Crippen molar-refractivity contribution in [1.82, 2.24) is 4.90 Å². The Morgan fingerprint density at radius 2 is 1.67 bits per heavy atom. The zero-order valence-electron chi connectivity index (χ0n) is 13.1. The third-order valence-corrected chi connectivity index (χ3v) is 4.07. The molecule has 1 saturated heterocycles. The average molecular weight is 343 g/mol. The molecule has 3 rings (SSSR count). The second-order valence-electron chi connectivity index (χ2n) is 5.67. The van der Waals surface area contributed by atoms with Crippen LogP contribution in [0, 0.1) is 5.82 Å². The number of hydrogen-bond donors (Lipinski definition) is 2. The predicted molar refractivity (Wildman–Crippen MR) is 97.8 cm³/mol. The molecule has 1 amide bonds. The van der Waals surface area contributed by atoms with Crippen molar-refractivity contribution in [3.8, 4) is 0 Å². The van der Waals surface area contributed by atoms with Crippen LogP contribution >= 0.6 is 12.2 Å². The van der Waals surface area contributed by atoms with E-state index >= 15 is 0 Å². The molecule has 0 bridgehead atoms. The largest absolute Gasteiger partial charge is 0.339 e. The van der Waals surface area contributed by atoms with E-state index in [1.807, 2.05) is 17.0 Å². The lowest BCUT2D eigenvalue weighted by molar-refractivity contribution is 0.0793. The van der Waals surface area contributed by atoms with Crippen LogP contribution in [0.3, 0.4) is 0 Å². The number of benzene rings is 2. The topological polar surface area (TPSA) is 44.4 Å². The summed E-state index contributed by atoms with van der Waals surface area (Å²) in [6.07, 6.45) is 2.15. The lowest BCUT2D eigenvalue weighted by Gasteiger charge is -2.15. The minimum atomic E-state index is -0.326. The van der Waals surface area contributed by atoms with Crippen LogP contribution in [0.1, 0.15) is 23.2 Å². The van der Waals surface area contributed by atoms with Gasteiger partial charge in [0.05, 0.1) is 0 Å². The molecule has 124 valence electrons. The van der Waals surface area contributed by atoms with E-state index in [9.17, 15) is 9.18 Å². The van der Waals surface area contributed by atoms with Gasteiger partial charge in [-0.1, -0.05) is 6.07 Å². The first-order valence-electron chi connectivity index (χ1n) is 7.85. The number of nitrogens with zero attached hydrogens (tertiary/aromatic N) is 1. The molecule has 0 aromatic heterocycles. The number of halogens is 1. The van der Waals surface area contributed by atoms with Gasteiger partial charge in [-0.15, -0.1) is 0 Å². The van der Waals surface area contributed by atoms with Gasteiger partial charge in [0, 0.05) is 30.0 Å². The molecule has 1 fully saturated rings. The molecule has 0 radical (unpaired) electrons. The van der Waals surface area contributed by atoms with E-state index in [-0.39, 0.29) is 11.7 Å². The van der Waals surface area contributed by atoms with E-state index in [1.165, 1.54) is 12.1 Å². The quantitative estimate of drug-likeness (QED) is 0.831. The van der Waals surface area contributed by atoms with E-state index in [0.29, 0.717) is 16.4 Å². The van der Waals surface area contributed by atoms with Crippen molar-refractivity contribution in [1.29, 1.82) is 0 Å². The van der Waals surface area contributed by atoms with Crippen LogP contribution in [0.5, 0.6) is 0 Å². The molecule has 0 atom stereocenters. The van der Waals surface area contributed by atoms with Crippen molar-refractivity contribution in [2.24, 2.45) is 0 Å². The summed E-state index contributed by atoms with van der Waals surface area (Å²) in [5.74, 6) is -0.257. The van der Waals surface area contributed by atoms with Crippen molar-refractivity contribution in [2.75, 3.05) is 23.7 Å². The van der Waals surface area contributed by atoms with Gasteiger partial charge < -0.3 is 15.5 Å². The Balaban J connectivity index is 1.59. The maximum absolute atomic E-state index is 13.2. The smallest absolute Gasteiger partial charge is 0.253 e. The van der Waals surface area contributed by atoms with E-state index in [2.05, 4.69) is 10.6 Å². The van der Waals surface area contributed by atoms with Crippen molar-refractivity contribution >= 4 is 34.6 Å². The van der Waals surface area contributed by atoms with Crippen LogP contribution in [-0.2, 0) is 0 Å². The molecule has 2 aromatic rings. The lowest BCUT2D eigenvalue weighted by atomic mass is 10.2. The van der Waals surface area contributed by atoms with Gasteiger partial charge in [-0.05, 0) is 67.5 Å². The van der Waals surface area contributed by atoms with E-state index < -0.39 is 0 Å². The number of amides is 1. The predicted octanol–water partition coefficient (Wildman–Crippen LogP) is 3.87. The summed E-state index contributed by atoms with van der Waals surface area (Å²) in [7, 11) is 0. The number of nitrogens with one attached hydrogen (secondary N) is 2. The van der Waals surface area contributed by atoms with Gasteiger partial charge >= 0.3 is 0 Å². The molecule has 0 spiro atoms. The number of rotatable bonds is 3. The molecule has 1 aliphatic heterocycles. The summed E-state index contributed by atoms with van der Waals surface area (Å²) >= 11 is 5.21. The first-order valence-corrected chi connectivity index (χ1v) is 8.25. The number of carbonyl (C=O) groups is 1. The van der Waals surface area contributed by atoms with Crippen molar-refractivity contribution in [3.05, 3.63) is 59.9 Å². The minimum Gasteiger partial charge on any atom is -0.339 e. The van der Waals surface area contributed by atoms with Crippen molar-refractivity contribution < 1.29 is 9.18 Å². The molecule has 4 nitrogen and oxygen atoms in total. The highest BCUT2D eigenvalue weighted by atomic mass is 32.1. The zero-order chi connectivity index (χ0) is 16.9. The van der Waals surface area contributed by atoms with E-state index in [4.69, 9.17) is 12.2 Å². The van der Waals surface area contributed by atoms with Gasteiger partial charge in [0.25, 0.3) is 5.91 Å². The fourth-order valence-corrected chi connectivity index (χ4v) is 2.89. The van der Waals surface area contributed by atoms with Crippen LogP contribution < -0.4 is 10.6 Å². The molecule has 6 heteroatoms. The summed E-state index contributed by atoms with van der Waals surface area (Å²) in [5.41, 5.74) is 2.02. The number of likely N-dealkylation sites (tertiary alicyclic amines) is 1. The number of carbonyl (C=O) groups excluding carboxylic acids is 1. The molecule has 0 aliphatic carbocycles. The third kappa shape index (κ3) is 4.08. The second kappa shape index (κ2) is 7.40. The van der Waals surface area contributed by atoms with E-state index in [0.717, 1.165) is 31.6 Å². The molecule has 0 saturated carbocycles.